The Morgan fingerprint density at radius 1 is 1.08 bits per heavy atom. The van der Waals surface area contributed by atoms with E-state index in [0.29, 0.717) is 19.6 Å². The summed E-state index contributed by atoms with van der Waals surface area (Å²) in [7, 11) is -3.91. The van der Waals surface area contributed by atoms with Crippen LogP contribution in [0.3, 0.4) is 0 Å². The van der Waals surface area contributed by atoms with Gasteiger partial charge in [-0.15, -0.1) is 0 Å². The van der Waals surface area contributed by atoms with Crippen LogP contribution in [0.4, 0.5) is 4.39 Å². The van der Waals surface area contributed by atoms with E-state index in [1.54, 1.807) is 4.90 Å². The van der Waals surface area contributed by atoms with Gasteiger partial charge in [0.1, 0.15) is 10.7 Å². The Morgan fingerprint density at radius 3 is 2.44 bits per heavy atom. The highest BCUT2D eigenvalue weighted by molar-refractivity contribution is 7.89. The fourth-order valence-corrected chi connectivity index (χ4v) is 5.25. The molecule has 5 nitrogen and oxygen atoms in total. The van der Waals surface area contributed by atoms with Crippen LogP contribution in [0.15, 0.2) is 23.1 Å². The molecule has 1 amide bonds. The van der Waals surface area contributed by atoms with Crippen LogP contribution in [0.5, 0.6) is 0 Å². The van der Waals surface area contributed by atoms with Crippen LogP contribution >= 0.6 is 0 Å². The third kappa shape index (κ3) is 3.72. The van der Waals surface area contributed by atoms with Gasteiger partial charge in [-0.1, -0.05) is 6.42 Å². The summed E-state index contributed by atoms with van der Waals surface area (Å²) in [4.78, 5) is 14.1. The molecule has 2 aliphatic heterocycles. The maximum atomic E-state index is 14.3. The molecule has 0 saturated carbocycles. The number of hydrogen-bond acceptors (Lipinski definition) is 3. The van der Waals surface area contributed by atoms with Gasteiger partial charge in [-0.05, 0) is 57.2 Å². The predicted octanol–water partition coefficient (Wildman–Crippen LogP) is 3.01. The number of nitrogens with zero attached hydrogens (tertiary/aromatic N) is 2. The lowest BCUT2D eigenvalue weighted by Crippen LogP contribution is -2.42. The van der Waals surface area contributed by atoms with Crippen molar-refractivity contribution in [2.45, 2.75) is 56.4 Å². The summed E-state index contributed by atoms with van der Waals surface area (Å²) >= 11 is 0. The van der Waals surface area contributed by atoms with Crippen molar-refractivity contribution in [2.24, 2.45) is 0 Å². The van der Waals surface area contributed by atoms with E-state index in [9.17, 15) is 17.6 Å². The van der Waals surface area contributed by atoms with Crippen molar-refractivity contribution in [3.63, 3.8) is 0 Å². The summed E-state index contributed by atoms with van der Waals surface area (Å²) in [5.74, 6) is -1.02. The first-order chi connectivity index (χ1) is 11.9. The number of carbonyl (C=O) groups is 1. The Balaban J connectivity index is 1.91. The van der Waals surface area contributed by atoms with Gasteiger partial charge < -0.3 is 4.90 Å². The number of hydrogen-bond donors (Lipinski definition) is 0. The van der Waals surface area contributed by atoms with Crippen molar-refractivity contribution >= 4 is 15.9 Å². The molecule has 2 heterocycles. The van der Waals surface area contributed by atoms with Gasteiger partial charge >= 0.3 is 0 Å². The third-order valence-corrected chi connectivity index (χ3v) is 7.09. The second kappa shape index (κ2) is 7.41. The van der Waals surface area contributed by atoms with E-state index in [2.05, 4.69) is 0 Å². The highest BCUT2D eigenvalue weighted by Gasteiger charge is 2.31. The lowest BCUT2D eigenvalue weighted by molar-refractivity contribution is 0.0635. The molecule has 1 aromatic rings. The molecule has 1 unspecified atom stereocenters. The van der Waals surface area contributed by atoms with E-state index in [-0.39, 0.29) is 22.4 Å². The van der Waals surface area contributed by atoms with Crippen molar-refractivity contribution in [2.75, 3.05) is 19.6 Å². The topological polar surface area (TPSA) is 57.7 Å². The summed E-state index contributed by atoms with van der Waals surface area (Å²) in [6.07, 6.45) is 5.51. The Morgan fingerprint density at radius 2 is 1.76 bits per heavy atom. The SMILES string of the molecule is CC1CCCCN1C(=O)c1ccc(F)c(S(=O)(=O)N2CCCCC2)c1. The van der Waals surface area contributed by atoms with Crippen molar-refractivity contribution in [1.82, 2.24) is 9.21 Å². The lowest BCUT2D eigenvalue weighted by Gasteiger charge is -2.33. The van der Waals surface area contributed by atoms with Gasteiger partial charge in [0, 0.05) is 31.2 Å². The number of benzene rings is 1. The smallest absolute Gasteiger partial charge is 0.254 e. The molecule has 2 aliphatic rings. The van der Waals surface area contributed by atoms with Crippen molar-refractivity contribution in [1.29, 1.82) is 0 Å². The van der Waals surface area contributed by atoms with Crippen molar-refractivity contribution < 1.29 is 17.6 Å². The Bertz CT molecular complexity index is 745. The summed E-state index contributed by atoms with van der Waals surface area (Å²) < 4.78 is 41.2. The van der Waals surface area contributed by atoms with Crippen LogP contribution in [0, 0.1) is 5.82 Å². The van der Waals surface area contributed by atoms with Gasteiger partial charge in [-0.2, -0.15) is 4.31 Å². The monoisotopic (exact) mass is 368 g/mol. The standard InChI is InChI=1S/C18H25FN2O3S/c1-14-7-3-6-12-21(14)18(22)15-8-9-16(19)17(13-15)25(23,24)20-10-4-2-5-11-20/h8-9,13-14H,2-7,10-12H2,1H3. The summed E-state index contributed by atoms with van der Waals surface area (Å²) in [5, 5.41) is 0. The zero-order valence-electron chi connectivity index (χ0n) is 14.6. The maximum absolute atomic E-state index is 14.3. The van der Waals surface area contributed by atoms with E-state index in [1.807, 2.05) is 6.92 Å². The first-order valence-electron chi connectivity index (χ1n) is 9.02. The first kappa shape index (κ1) is 18.3. The molecule has 1 aromatic carbocycles. The Kier molecular flexibility index (Phi) is 5.43. The fraction of sp³-hybridized carbons (Fsp3) is 0.611. The summed E-state index contributed by atoms with van der Waals surface area (Å²) in [6, 6.07) is 3.81. The molecule has 0 aromatic heterocycles. The Labute approximate surface area is 148 Å². The van der Waals surface area contributed by atoms with E-state index in [1.165, 1.54) is 16.4 Å². The van der Waals surface area contributed by atoms with E-state index in [0.717, 1.165) is 44.6 Å². The maximum Gasteiger partial charge on any atom is 0.254 e. The zero-order valence-corrected chi connectivity index (χ0v) is 15.4. The van der Waals surface area contributed by atoms with Crippen LogP contribution in [0.1, 0.15) is 55.8 Å². The molecule has 0 bridgehead atoms. The van der Waals surface area contributed by atoms with Crippen molar-refractivity contribution in [3.05, 3.63) is 29.6 Å². The second-order valence-corrected chi connectivity index (χ2v) is 8.86. The number of piperidine rings is 2. The highest BCUT2D eigenvalue weighted by Crippen LogP contribution is 2.26. The number of amides is 1. The molecule has 0 N–H and O–H groups in total. The normalized spacial score (nSPS) is 22.8. The minimum Gasteiger partial charge on any atom is -0.336 e. The van der Waals surface area contributed by atoms with Crippen LogP contribution in [0.25, 0.3) is 0 Å². The minimum atomic E-state index is -3.91. The average molecular weight is 368 g/mol. The van der Waals surface area contributed by atoms with Crippen LogP contribution in [-0.2, 0) is 10.0 Å². The van der Waals surface area contributed by atoms with Gasteiger partial charge in [-0.25, -0.2) is 12.8 Å². The molecule has 25 heavy (non-hydrogen) atoms. The van der Waals surface area contributed by atoms with E-state index >= 15 is 0 Å². The summed E-state index contributed by atoms with van der Waals surface area (Å²) in [6.45, 7) is 3.46. The first-order valence-corrected chi connectivity index (χ1v) is 10.5. The average Bonchev–Trinajstić information content (AvgIpc) is 2.62. The quantitative estimate of drug-likeness (QED) is 0.824. The minimum absolute atomic E-state index is 0.119. The lowest BCUT2D eigenvalue weighted by atomic mass is 10.0. The molecule has 7 heteroatoms. The van der Waals surface area contributed by atoms with Gasteiger partial charge in [0.25, 0.3) is 5.91 Å². The molecule has 138 valence electrons. The Hall–Kier alpha value is -1.47. The van der Waals surface area contributed by atoms with Crippen LogP contribution in [-0.4, -0.2) is 49.2 Å². The van der Waals surface area contributed by atoms with Crippen LogP contribution in [0.2, 0.25) is 0 Å². The predicted molar refractivity (Wildman–Crippen MR) is 93.4 cm³/mol. The molecule has 0 radical (unpaired) electrons. The highest BCUT2D eigenvalue weighted by atomic mass is 32.2. The van der Waals surface area contributed by atoms with E-state index in [4.69, 9.17) is 0 Å². The third-order valence-electron chi connectivity index (χ3n) is 5.17. The number of halogens is 1. The zero-order chi connectivity index (χ0) is 18.0. The molecular weight excluding hydrogens is 343 g/mol. The molecular formula is C18H25FN2O3S. The number of sulfonamides is 1. The van der Waals surface area contributed by atoms with Crippen LogP contribution < -0.4 is 0 Å². The number of rotatable bonds is 3. The van der Waals surface area contributed by atoms with Gasteiger partial charge in [0.2, 0.25) is 10.0 Å². The largest absolute Gasteiger partial charge is 0.336 e. The number of carbonyl (C=O) groups excluding carboxylic acids is 1. The second-order valence-electron chi connectivity index (χ2n) is 6.95. The van der Waals surface area contributed by atoms with Crippen molar-refractivity contribution in [3.8, 4) is 0 Å². The molecule has 2 fully saturated rings. The fourth-order valence-electron chi connectivity index (χ4n) is 3.64. The van der Waals surface area contributed by atoms with Gasteiger partial charge in [0.05, 0.1) is 0 Å². The molecule has 1 atom stereocenters. The van der Waals surface area contributed by atoms with Gasteiger partial charge in [0.15, 0.2) is 0 Å². The molecule has 2 saturated heterocycles. The summed E-state index contributed by atoms with van der Waals surface area (Å²) in [5.41, 5.74) is 0.241. The molecule has 0 aliphatic carbocycles. The van der Waals surface area contributed by atoms with Gasteiger partial charge in [-0.3, -0.25) is 4.79 Å². The molecule has 3 rings (SSSR count). The molecule has 0 spiro atoms. The van der Waals surface area contributed by atoms with E-state index < -0.39 is 15.8 Å². The number of likely N-dealkylation sites (tertiary alicyclic amines) is 1.